The molecule has 0 bridgehead atoms. The number of hydrogen-bond donors (Lipinski definition) is 3. The zero-order valence-corrected chi connectivity index (χ0v) is 31.6. The molecule has 0 aliphatic carbocycles. The second-order valence-electron chi connectivity index (χ2n) is 17.6. The molecule has 47 heavy (non-hydrogen) atoms. The Labute approximate surface area is 283 Å². The summed E-state index contributed by atoms with van der Waals surface area (Å²) in [7, 11) is -4.53. The van der Waals surface area contributed by atoms with Crippen LogP contribution < -0.4 is 5.30 Å². The minimum atomic E-state index is -4.53. The van der Waals surface area contributed by atoms with Crippen molar-refractivity contribution in [3.05, 3.63) is 101 Å². The highest BCUT2D eigenvalue weighted by atomic mass is 31.2. The van der Waals surface area contributed by atoms with Crippen molar-refractivity contribution in [1.29, 1.82) is 0 Å². The van der Waals surface area contributed by atoms with E-state index in [1.165, 1.54) is 11.1 Å². The third kappa shape index (κ3) is 6.92. The third-order valence-corrected chi connectivity index (χ3v) is 10.6. The van der Waals surface area contributed by atoms with Gasteiger partial charge in [0.25, 0.3) is 0 Å². The molecule has 0 heterocycles. The highest BCUT2D eigenvalue weighted by Crippen LogP contribution is 2.52. The second-order valence-corrected chi connectivity index (χ2v) is 19.2. The van der Waals surface area contributed by atoms with Gasteiger partial charge >= 0.3 is 7.94 Å². The average Bonchev–Trinajstić information content (AvgIpc) is 2.92. The fraction of sp³-hybridized carbons (Fsp3) is 0.395. The van der Waals surface area contributed by atoms with Gasteiger partial charge in [0.15, 0.2) is 5.30 Å². The molecule has 0 spiro atoms. The maximum absolute atomic E-state index is 11.4. The Kier molecular flexibility index (Phi) is 8.64. The summed E-state index contributed by atoms with van der Waals surface area (Å²) in [4.78, 5) is 34.2. The molecule has 0 aliphatic rings. The molecule has 0 saturated carbocycles. The lowest BCUT2D eigenvalue weighted by Gasteiger charge is -2.28. The number of hydrogen-bond acceptors (Lipinski definition) is 3. The van der Waals surface area contributed by atoms with Gasteiger partial charge in [-0.25, -0.2) is 0 Å². The van der Waals surface area contributed by atoms with Gasteiger partial charge in [0.1, 0.15) is 0 Å². The van der Waals surface area contributed by atoms with Crippen molar-refractivity contribution < 1.29 is 14.7 Å². The minimum absolute atomic E-state index is 0.0144. The number of benzene rings is 5. The van der Waals surface area contributed by atoms with Crippen LogP contribution in [0.25, 0.3) is 43.8 Å². The molecule has 4 heteroatoms. The van der Waals surface area contributed by atoms with E-state index in [1.54, 1.807) is 0 Å². The van der Waals surface area contributed by atoms with Crippen LogP contribution in [0.15, 0.2) is 72.8 Å². The fourth-order valence-corrected chi connectivity index (χ4v) is 7.88. The first-order valence-corrected chi connectivity index (χ1v) is 18.4. The molecule has 0 atom stereocenters. The number of fused-ring (bicyclic) bond motifs is 2. The molecule has 0 aromatic heterocycles. The van der Waals surface area contributed by atoms with E-state index in [9.17, 15) is 14.7 Å². The van der Waals surface area contributed by atoms with Crippen LogP contribution >= 0.6 is 7.94 Å². The zero-order valence-electron chi connectivity index (χ0n) is 30.7. The molecule has 5 aromatic rings. The molecule has 0 radical (unpaired) electrons. The summed E-state index contributed by atoms with van der Waals surface area (Å²) < 4.78 is 0. The van der Waals surface area contributed by atoms with Crippen molar-refractivity contribution in [2.45, 2.75) is 112 Å². The van der Waals surface area contributed by atoms with Crippen LogP contribution in [-0.4, -0.2) is 14.7 Å². The van der Waals surface area contributed by atoms with E-state index in [-0.39, 0.29) is 27.0 Å². The summed E-state index contributed by atoms with van der Waals surface area (Å²) >= 11 is 0. The van der Waals surface area contributed by atoms with Crippen molar-refractivity contribution in [3.63, 3.8) is 0 Å². The van der Waals surface area contributed by atoms with Gasteiger partial charge in [-0.3, -0.25) is 0 Å². The van der Waals surface area contributed by atoms with Crippen LogP contribution in [0.1, 0.15) is 111 Å². The van der Waals surface area contributed by atoms with Crippen molar-refractivity contribution in [2.24, 2.45) is 0 Å². The van der Waals surface area contributed by atoms with Gasteiger partial charge in [0.2, 0.25) is 0 Å². The van der Waals surface area contributed by atoms with E-state index in [2.05, 4.69) is 150 Å². The lowest BCUT2D eigenvalue weighted by molar-refractivity contribution is 0.347. The minimum Gasteiger partial charge on any atom is -0.189 e. The average molecular weight is 650 g/mol. The first-order chi connectivity index (χ1) is 21.4. The number of aryl methyl sites for hydroxylation is 1. The lowest BCUT2D eigenvalue weighted by atomic mass is 9.77. The molecule has 3 nitrogen and oxygen atoms in total. The summed E-state index contributed by atoms with van der Waals surface area (Å²) in [6.45, 7) is 28.5. The summed E-state index contributed by atoms with van der Waals surface area (Å²) in [5, 5.41) is 4.66. The van der Waals surface area contributed by atoms with E-state index in [4.69, 9.17) is 0 Å². The Morgan fingerprint density at radius 2 is 0.851 bits per heavy atom. The largest absolute Gasteiger partial charge is 0.442 e. The Hall–Kier alpha value is -3.07. The molecule has 0 saturated heterocycles. The molecular weight excluding hydrogens is 595 g/mol. The van der Waals surface area contributed by atoms with Gasteiger partial charge in [-0.15, -0.1) is 0 Å². The smallest absolute Gasteiger partial charge is 0.189 e. The SMILES string of the molecule is Cc1ccc(-c2cc3ccc(C(C)(C)C)cc3cc2C(C)(C)C)c([P+](O)(O)O)c1-c1cc2ccc(C(C)(C)C)cc2cc1C(C)(C)C. The van der Waals surface area contributed by atoms with Gasteiger partial charge in [-0.1, -0.05) is 126 Å². The normalized spacial score (nSPS) is 13.5. The predicted octanol–water partition coefficient (Wildman–Crippen LogP) is 11.2. The second kappa shape index (κ2) is 11.5. The Bertz CT molecular complexity index is 2000. The molecule has 5 rings (SSSR count). The van der Waals surface area contributed by atoms with Gasteiger partial charge < -0.3 is 0 Å². The maximum Gasteiger partial charge on any atom is 0.442 e. The standard InChI is InChI=1S/C43H54O3P/c1-26-14-19-33(34-22-27-15-17-31(40(2,3)4)20-29(27)24-36(34)42(8,9)10)39(47(44,45)46)38(26)35-23-28-16-18-32(41(5,6)7)21-30(28)25-37(35)43(11,12)13/h14-25,44-46H,1-13H3/q+1. The molecule has 3 N–H and O–H groups in total. The van der Waals surface area contributed by atoms with Crippen LogP contribution in [0.5, 0.6) is 0 Å². The molecule has 0 aliphatic heterocycles. The van der Waals surface area contributed by atoms with E-state index in [1.807, 2.05) is 13.0 Å². The van der Waals surface area contributed by atoms with Crippen LogP contribution in [0.2, 0.25) is 0 Å². The Morgan fingerprint density at radius 1 is 0.426 bits per heavy atom. The van der Waals surface area contributed by atoms with E-state index < -0.39 is 7.94 Å². The van der Waals surface area contributed by atoms with Crippen molar-refractivity contribution >= 4 is 34.8 Å². The van der Waals surface area contributed by atoms with Crippen molar-refractivity contribution in [3.8, 4) is 22.3 Å². The van der Waals surface area contributed by atoms with Crippen LogP contribution in [0, 0.1) is 6.92 Å². The van der Waals surface area contributed by atoms with Crippen LogP contribution in [-0.2, 0) is 21.7 Å². The topological polar surface area (TPSA) is 60.7 Å². The van der Waals surface area contributed by atoms with E-state index >= 15 is 0 Å². The molecule has 248 valence electrons. The summed E-state index contributed by atoms with van der Waals surface area (Å²) in [6.07, 6.45) is 0. The summed E-state index contributed by atoms with van der Waals surface area (Å²) in [5.41, 5.74) is 8.28. The fourth-order valence-electron chi connectivity index (χ4n) is 6.76. The van der Waals surface area contributed by atoms with E-state index in [0.717, 1.165) is 49.4 Å². The first kappa shape index (κ1) is 35.2. The monoisotopic (exact) mass is 649 g/mol. The molecule has 0 fully saturated rings. The summed E-state index contributed by atoms with van der Waals surface area (Å²) in [5.74, 6) is 0. The van der Waals surface area contributed by atoms with E-state index in [0.29, 0.717) is 11.1 Å². The van der Waals surface area contributed by atoms with Crippen LogP contribution in [0.4, 0.5) is 0 Å². The third-order valence-electron chi connectivity index (χ3n) is 9.55. The number of rotatable bonds is 3. The van der Waals surface area contributed by atoms with Gasteiger partial charge in [-0.05, 0) is 119 Å². The van der Waals surface area contributed by atoms with Gasteiger partial charge in [0, 0.05) is 11.1 Å². The Balaban J connectivity index is 1.90. The van der Waals surface area contributed by atoms with Gasteiger partial charge in [-0.2, -0.15) is 14.7 Å². The first-order valence-electron chi connectivity index (χ1n) is 16.8. The Morgan fingerprint density at radius 3 is 1.26 bits per heavy atom. The maximum atomic E-state index is 11.4. The highest BCUT2D eigenvalue weighted by Gasteiger charge is 2.43. The van der Waals surface area contributed by atoms with Gasteiger partial charge in [0.05, 0.1) is 0 Å². The van der Waals surface area contributed by atoms with Crippen molar-refractivity contribution in [2.75, 3.05) is 0 Å². The quantitative estimate of drug-likeness (QED) is 0.170. The molecule has 5 aromatic carbocycles. The zero-order chi connectivity index (χ0) is 35.1. The van der Waals surface area contributed by atoms with Crippen molar-refractivity contribution in [1.82, 2.24) is 0 Å². The predicted molar refractivity (Wildman–Crippen MR) is 205 cm³/mol. The molecular formula is C43H54O3P+. The summed E-state index contributed by atoms with van der Waals surface area (Å²) in [6, 6.07) is 26.1. The molecule has 0 unspecified atom stereocenters. The van der Waals surface area contributed by atoms with Crippen LogP contribution in [0.3, 0.4) is 0 Å². The lowest BCUT2D eigenvalue weighted by Crippen LogP contribution is -2.22. The molecule has 0 amide bonds. The highest BCUT2D eigenvalue weighted by molar-refractivity contribution is 7.67.